The topological polar surface area (TPSA) is 41.5 Å². The number of hydrogen-bond acceptors (Lipinski definition) is 3. The molecule has 96 valence electrons. The third-order valence-electron chi connectivity index (χ3n) is 2.59. The molecule has 1 rings (SSSR count). The van der Waals surface area contributed by atoms with Crippen molar-refractivity contribution in [3.05, 3.63) is 29.8 Å². The van der Waals surface area contributed by atoms with Gasteiger partial charge in [0.15, 0.2) is 0 Å². The number of nitrogens with one attached hydrogen (secondary N) is 1. The molecular weight excluding hydrogens is 214 g/mol. The summed E-state index contributed by atoms with van der Waals surface area (Å²) in [6, 6.07) is 8.00. The van der Waals surface area contributed by atoms with Crippen molar-refractivity contribution < 1.29 is 9.84 Å². The highest BCUT2D eigenvalue weighted by atomic mass is 16.5. The summed E-state index contributed by atoms with van der Waals surface area (Å²) in [5.41, 5.74) is 1.14. The van der Waals surface area contributed by atoms with Crippen molar-refractivity contribution in [1.29, 1.82) is 0 Å². The molecule has 17 heavy (non-hydrogen) atoms. The summed E-state index contributed by atoms with van der Waals surface area (Å²) >= 11 is 0. The lowest BCUT2D eigenvalue weighted by molar-refractivity contribution is 0.160. The van der Waals surface area contributed by atoms with Crippen LogP contribution in [0.25, 0.3) is 0 Å². The lowest BCUT2D eigenvalue weighted by atomic mass is 10.2. The fourth-order valence-corrected chi connectivity index (χ4v) is 1.75. The van der Waals surface area contributed by atoms with Crippen LogP contribution in [0, 0.1) is 0 Å². The summed E-state index contributed by atoms with van der Waals surface area (Å²) in [4.78, 5) is 0. The van der Waals surface area contributed by atoms with E-state index in [1.807, 2.05) is 31.2 Å². The van der Waals surface area contributed by atoms with Crippen LogP contribution in [0.15, 0.2) is 24.3 Å². The molecule has 0 spiro atoms. The molecule has 1 aromatic carbocycles. The van der Waals surface area contributed by atoms with Crippen LogP contribution in [0.3, 0.4) is 0 Å². The number of ether oxygens (including phenoxy) is 1. The Morgan fingerprint density at radius 1 is 1.29 bits per heavy atom. The molecule has 0 bridgehead atoms. The molecule has 3 nitrogen and oxygen atoms in total. The van der Waals surface area contributed by atoms with E-state index in [1.54, 1.807) is 0 Å². The average molecular weight is 237 g/mol. The van der Waals surface area contributed by atoms with Crippen molar-refractivity contribution in [2.24, 2.45) is 0 Å². The summed E-state index contributed by atoms with van der Waals surface area (Å²) in [7, 11) is 0. The zero-order chi connectivity index (χ0) is 12.5. The quantitative estimate of drug-likeness (QED) is 0.729. The van der Waals surface area contributed by atoms with Crippen LogP contribution in [0.5, 0.6) is 5.75 Å². The zero-order valence-corrected chi connectivity index (χ0v) is 10.8. The molecule has 0 saturated heterocycles. The van der Waals surface area contributed by atoms with E-state index in [-0.39, 0.29) is 6.10 Å². The summed E-state index contributed by atoms with van der Waals surface area (Å²) in [5.74, 6) is 0.924. The van der Waals surface area contributed by atoms with E-state index in [4.69, 9.17) is 4.74 Å². The van der Waals surface area contributed by atoms with Gasteiger partial charge in [-0.25, -0.2) is 0 Å². The minimum Gasteiger partial charge on any atom is -0.494 e. The fraction of sp³-hybridized carbons (Fsp3) is 0.571. The van der Waals surface area contributed by atoms with E-state index >= 15 is 0 Å². The van der Waals surface area contributed by atoms with Crippen molar-refractivity contribution in [2.75, 3.05) is 13.2 Å². The van der Waals surface area contributed by atoms with Gasteiger partial charge in [-0.15, -0.1) is 0 Å². The molecule has 0 aliphatic carbocycles. The molecular formula is C14H23NO2. The maximum absolute atomic E-state index is 9.61. The maximum Gasteiger partial charge on any atom is 0.123 e. The monoisotopic (exact) mass is 237 g/mol. The zero-order valence-electron chi connectivity index (χ0n) is 10.8. The minimum atomic E-state index is -0.251. The van der Waals surface area contributed by atoms with Crippen LogP contribution in [-0.4, -0.2) is 24.4 Å². The van der Waals surface area contributed by atoms with Crippen LogP contribution >= 0.6 is 0 Å². The molecule has 0 saturated carbocycles. The molecule has 0 aliphatic rings. The molecule has 0 fully saturated rings. The summed E-state index contributed by atoms with van der Waals surface area (Å²) < 4.78 is 5.54. The molecule has 1 unspecified atom stereocenters. The first-order chi connectivity index (χ1) is 8.27. The first-order valence-electron chi connectivity index (χ1n) is 6.37. The second kappa shape index (κ2) is 8.09. The normalized spacial score (nSPS) is 12.4. The number of rotatable bonds is 8. The molecule has 1 aromatic rings. The number of hydrogen-bond donors (Lipinski definition) is 2. The Hall–Kier alpha value is -1.06. The smallest absolute Gasteiger partial charge is 0.123 e. The Labute approximate surface area is 104 Å². The molecule has 0 heterocycles. The van der Waals surface area contributed by atoms with Gasteiger partial charge in [0, 0.05) is 18.7 Å². The van der Waals surface area contributed by atoms with Gasteiger partial charge in [0.25, 0.3) is 0 Å². The minimum absolute atomic E-state index is 0.251. The Morgan fingerprint density at radius 3 is 2.76 bits per heavy atom. The predicted octanol–water partition coefficient (Wildman–Crippen LogP) is 2.34. The fourth-order valence-electron chi connectivity index (χ4n) is 1.75. The first-order valence-corrected chi connectivity index (χ1v) is 6.37. The van der Waals surface area contributed by atoms with Gasteiger partial charge in [0.05, 0.1) is 12.7 Å². The van der Waals surface area contributed by atoms with Crippen molar-refractivity contribution in [1.82, 2.24) is 5.32 Å². The van der Waals surface area contributed by atoms with Gasteiger partial charge in [-0.3, -0.25) is 0 Å². The van der Waals surface area contributed by atoms with Crippen molar-refractivity contribution in [2.45, 2.75) is 39.3 Å². The van der Waals surface area contributed by atoms with Crippen molar-refractivity contribution >= 4 is 0 Å². The largest absolute Gasteiger partial charge is 0.494 e. The Kier molecular flexibility index (Phi) is 6.67. The second-order valence-electron chi connectivity index (χ2n) is 4.11. The van der Waals surface area contributed by atoms with Gasteiger partial charge in [-0.2, -0.15) is 0 Å². The van der Waals surface area contributed by atoms with E-state index in [9.17, 15) is 5.11 Å². The van der Waals surface area contributed by atoms with Gasteiger partial charge in [0.1, 0.15) is 5.75 Å². The van der Waals surface area contributed by atoms with Crippen molar-refractivity contribution in [3.8, 4) is 5.75 Å². The summed E-state index contributed by atoms with van der Waals surface area (Å²) in [5, 5.41) is 12.9. The highest BCUT2D eigenvalue weighted by Gasteiger charge is 2.04. The van der Waals surface area contributed by atoms with E-state index < -0.39 is 0 Å². The summed E-state index contributed by atoms with van der Waals surface area (Å²) in [6.07, 6.45) is 1.61. The number of para-hydroxylation sites is 1. The third kappa shape index (κ3) is 5.20. The predicted molar refractivity (Wildman–Crippen MR) is 70.2 cm³/mol. The second-order valence-corrected chi connectivity index (χ2v) is 4.11. The van der Waals surface area contributed by atoms with E-state index in [1.165, 1.54) is 0 Å². The van der Waals surface area contributed by atoms with Gasteiger partial charge in [-0.05, 0) is 19.4 Å². The lowest BCUT2D eigenvalue weighted by Gasteiger charge is -2.13. The molecule has 2 N–H and O–H groups in total. The highest BCUT2D eigenvalue weighted by Crippen LogP contribution is 2.17. The van der Waals surface area contributed by atoms with Crippen LogP contribution < -0.4 is 10.1 Å². The highest BCUT2D eigenvalue weighted by molar-refractivity contribution is 5.33. The maximum atomic E-state index is 9.61. The molecule has 0 aromatic heterocycles. The van der Waals surface area contributed by atoms with Gasteiger partial charge < -0.3 is 15.2 Å². The van der Waals surface area contributed by atoms with E-state index in [0.29, 0.717) is 13.2 Å². The number of aliphatic hydroxyl groups is 1. The van der Waals surface area contributed by atoms with Crippen LogP contribution in [0.1, 0.15) is 32.3 Å². The molecule has 0 aliphatic heterocycles. The molecule has 1 atom stereocenters. The van der Waals surface area contributed by atoms with Gasteiger partial charge >= 0.3 is 0 Å². The molecule has 0 amide bonds. The van der Waals surface area contributed by atoms with E-state index in [2.05, 4.69) is 12.2 Å². The van der Waals surface area contributed by atoms with Crippen LogP contribution in [0.2, 0.25) is 0 Å². The van der Waals surface area contributed by atoms with Gasteiger partial charge in [0.2, 0.25) is 0 Å². The van der Waals surface area contributed by atoms with Crippen LogP contribution in [-0.2, 0) is 6.54 Å². The summed E-state index contributed by atoms with van der Waals surface area (Å²) in [6.45, 7) is 6.10. The number of benzene rings is 1. The van der Waals surface area contributed by atoms with Crippen LogP contribution in [0.4, 0.5) is 0 Å². The van der Waals surface area contributed by atoms with E-state index in [0.717, 1.165) is 30.7 Å². The lowest BCUT2D eigenvalue weighted by Crippen LogP contribution is -2.26. The third-order valence-corrected chi connectivity index (χ3v) is 2.59. The average Bonchev–Trinajstić information content (AvgIpc) is 2.32. The Balaban J connectivity index is 2.40. The molecule has 0 radical (unpaired) electrons. The Morgan fingerprint density at radius 2 is 2.06 bits per heavy atom. The molecule has 3 heteroatoms. The Bertz CT molecular complexity index is 315. The number of aliphatic hydroxyl groups excluding tert-OH is 1. The standard InChI is InChI=1S/C14H23NO2/c1-3-7-13(16)11-15-10-12-8-5-6-9-14(12)17-4-2/h5-6,8-9,13,15-16H,3-4,7,10-11H2,1-2H3. The first kappa shape index (κ1) is 14.0. The van der Waals surface area contributed by atoms with Gasteiger partial charge in [-0.1, -0.05) is 31.5 Å². The van der Waals surface area contributed by atoms with Crippen molar-refractivity contribution in [3.63, 3.8) is 0 Å². The SMILES string of the molecule is CCCC(O)CNCc1ccccc1OCC.